The van der Waals surface area contributed by atoms with Crippen LogP contribution in [0.25, 0.3) is 0 Å². The van der Waals surface area contributed by atoms with Gasteiger partial charge in [-0.25, -0.2) is 9.78 Å². The number of nitrogens with one attached hydrogen (secondary N) is 4. The third-order valence-electron chi connectivity index (χ3n) is 5.93. The third-order valence-corrected chi connectivity index (χ3v) is 5.93. The second-order valence-electron chi connectivity index (χ2n) is 8.77. The predicted molar refractivity (Wildman–Crippen MR) is 132 cm³/mol. The first-order chi connectivity index (χ1) is 17.5. The molecular formula is C24H34N6O7. The molecule has 0 bridgehead atoms. The van der Waals surface area contributed by atoms with Gasteiger partial charge < -0.3 is 42.0 Å². The molecule has 0 aliphatic heterocycles. The molecule has 5 unspecified atom stereocenters. The van der Waals surface area contributed by atoms with Gasteiger partial charge in [0.1, 0.15) is 29.9 Å². The molecule has 1 aromatic carbocycles. The van der Waals surface area contributed by atoms with E-state index in [1.807, 2.05) is 6.92 Å². The first-order valence-corrected chi connectivity index (χ1v) is 11.8. The lowest BCUT2D eigenvalue weighted by Crippen LogP contribution is -2.59. The Balaban J connectivity index is 2.27. The van der Waals surface area contributed by atoms with Gasteiger partial charge in [0.05, 0.1) is 12.9 Å². The molecule has 2 rings (SSSR count). The molecular weight excluding hydrogens is 484 g/mol. The molecule has 37 heavy (non-hydrogen) atoms. The molecule has 0 aliphatic rings. The fourth-order valence-corrected chi connectivity index (χ4v) is 3.47. The summed E-state index contributed by atoms with van der Waals surface area (Å²) in [6.07, 6.45) is 3.24. The molecule has 5 atom stereocenters. The number of carboxylic acids is 1. The van der Waals surface area contributed by atoms with Gasteiger partial charge in [-0.3, -0.25) is 14.4 Å². The Morgan fingerprint density at radius 1 is 1.00 bits per heavy atom. The number of aromatic amines is 1. The van der Waals surface area contributed by atoms with Crippen LogP contribution >= 0.6 is 0 Å². The van der Waals surface area contributed by atoms with E-state index in [1.165, 1.54) is 24.7 Å². The number of aromatic nitrogens is 2. The van der Waals surface area contributed by atoms with Crippen molar-refractivity contribution in [2.75, 3.05) is 6.61 Å². The molecule has 1 heterocycles. The van der Waals surface area contributed by atoms with Crippen LogP contribution in [0.1, 0.15) is 31.5 Å². The fourth-order valence-electron chi connectivity index (χ4n) is 3.47. The standard InChI is InChI=1S/C24H34N6O7/c1-3-13(2)20(30-21(33)17(25)11-31)23(35)28-18(8-14-4-6-16(32)7-5-14)22(34)29-19(24(36)37)9-15-10-26-12-27-15/h4-7,10,12-13,17-20,31-32H,3,8-9,11,25H2,1-2H3,(H,26,27)(H,28,35)(H,29,34)(H,30,33)(H,36,37). The highest BCUT2D eigenvalue weighted by Crippen LogP contribution is 2.13. The van der Waals surface area contributed by atoms with E-state index in [1.54, 1.807) is 19.1 Å². The number of aliphatic hydroxyl groups excluding tert-OH is 1. The van der Waals surface area contributed by atoms with E-state index in [0.29, 0.717) is 17.7 Å². The highest BCUT2D eigenvalue weighted by molar-refractivity contribution is 5.94. The van der Waals surface area contributed by atoms with Gasteiger partial charge >= 0.3 is 5.97 Å². The summed E-state index contributed by atoms with van der Waals surface area (Å²) >= 11 is 0. The molecule has 9 N–H and O–H groups in total. The van der Waals surface area contributed by atoms with Crippen LogP contribution in [0.15, 0.2) is 36.8 Å². The fraction of sp³-hybridized carbons (Fsp3) is 0.458. The normalized spacial score (nSPS) is 15.0. The zero-order valence-electron chi connectivity index (χ0n) is 20.7. The number of phenols is 1. The lowest BCUT2D eigenvalue weighted by atomic mass is 9.96. The van der Waals surface area contributed by atoms with Gasteiger partial charge in [-0.15, -0.1) is 0 Å². The van der Waals surface area contributed by atoms with E-state index in [-0.39, 0.29) is 24.5 Å². The van der Waals surface area contributed by atoms with Gasteiger partial charge in [0.2, 0.25) is 17.7 Å². The number of aliphatic hydroxyl groups is 1. The molecule has 2 aromatic rings. The van der Waals surface area contributed by atoms with Gasteiger partial charge in [0.25, 0.3) is 0 Å². The maximum Gasteiger partial charge on any atom is 0.326 e. The number of nitrogens with two attached hydrogens (primary N) is 1. The number of carbonyl (C=O) groups excluding carboxylic acids is 3. The molecule has 0 radical (unpaired) electrons. The van der Waals surface area contributed by atoms with E-state index in [0.717, 1.165) is 0 Å². The average Bonchev–Trinajstić information content (AvgIpc) is 3.39. The van der Waals surface area contributed by atoms with Gasteiger partial charge in [0, 0.05) is 24.7 Å². The molecule has 0 fully saturated rings. The minimum Gasteiger partial charge on any atom is -0.508 e. The van der Waals surface area contributed by atoms with E-state index in [9.17, 15) is 29.4 Å². The number of amides is 3. The van der Waals surface area contributed by atoms with Crippen LogP contribution in [0.2, 0.25) is 0 Å². The van der Waals surface area contributed by atoms with Gasteiger partial charge in [-0.1, -0.05) is 32.4 Å². The van der Waals surface area contributed by atoms with Crippen molar-refractivity contribution in [3.63, 3.8) is 0 Å². The highest BCUT2D eigenvalue weighted by atomic mass is 16.4. The Labute approximate surface area is 213 Å². The highest BCUT2D eigenvalue weighted by Gasteiger charge is 2.32. The SMILES string of the molecule is CCC(C)C(NC(=O)C(N)CO)C(=O)NC(Cc1ccc(O)cc1)C(=O)NC(Cc1cnc[nH]1)C(=O)O. The monoisotopic (exact) mass is 518 g/mol. The number of aliphatic carboxylic acids is 1. The molecule has 13 nitrogen and oxygen atoms in total. The summed E-state index contributed by atoms with van der Waals surface area (Å²) in [7, 11) is 0. The van der Waals surface area contributed by atoms with Crippen molar-refractivity contribution in [1.29, 1.82) is 0 Å². The molecule has 3 amide bonds. The summed E-state index contributed by atoms with van der Waals surface area (Å²) in [5, 5.41) is 35.9. The lowest BCUT2D eigenvalue weighted by molar-refractivity contribution is -0.142. The van der Waals surface area contributed by atoms with E-state index in [4.69, 9.17) is 10.8 Å². The zero-order valence-corrected chi connectivity index (χ0v) is 20.7. The summed E-state index contributed by atoms with van der Waals surface area (Å²) in [6.45, 7) is 2.94. The van der Waals surface area contributed by atoms with Crippen molar-refractivity contribution in [1.82, 2.24) is 25.9 Å². The number of aromatic hydroxyl groups is 1. The average molecular weight is 519 g/mol. The van der Waals surface area contributed by atoms with Crippen molar-refractivity contribution in [2.45, 2.75) is 57.3 Å². The summed E-state index contributed by atoms with van der Waals surface area (Å²) in [6, 6.07) is 1.16. The maximum atomic E-state index is 13.2. The van der Waals surface area contributed by atoms with Gasteiger partial charge in [0.15, 0.2) is 0 Å². The van der Waals surface area contributed by atoms with Crippen LogP contribution in [-0.2, 0) is 32.0 Å². The topological polar surface area (TPSA) is 220 Å². The minimum absolute atomic E-state index is 0.0130. The first kappa shape index (κ1) is 29.3. The summed E-state index contributed by atoms with van der Waals surface area (Å²) in [5.74, 6) is -3.77. The van der Waals surface area contributed by atoms with Crippen molar-refractivity contribution in [3.8, 4) is 5.75 Å². The summed E-state index contributed by atoms with van der Waals surface area (Å²) < 4.78 is 0. The zero-order chi connectivity index (χ0) is 27.5. The summed E-state index contributed by atoms with van der Waals surface area (Å²) in [5.41, 5.74) is 6.65. The Hall–Kier alpha value is -3.97. The quantitative estimate of drug-likeness (QED) is 0.150. The maximum absolute atomic E-state index is 13.2. The smallest absolute Gasteiger partial charge is 0.326 e. The number of phenolic OH excluding ortho intramolecular Hbond substituents is 1. The first-order valence-electron chi connectivity index (χ1n) is 11.8. The molecule has 0 spiro atoms. The molecule has 13 heteroatoms. The van der Waals surface area contributed by atoms with E-state index in [2.05, 4.69) is 25.9 Å². The van der Waals surface area contributed by atoms with E-state index >= 15 is 0 Å². The van der Waals surface area contributed by atoms with Crippen LogP contribution < -0.4 is 21.7 Å². The molecule has 0 saturated carbocycles. The van der Waals surface area contributed by atoms with Crippen LogP contribution in [0.4, 0.5) is 0 Å². The second kappa shape index (κ2) is 13.9. The van der Waals surface area contributed by atoms with Crippen molar-refractivity contribution in [2.24, 2.45) is 11.7 Å². The van der Waals surface area contributed by atoms with E-state index < -0.39 is 54.5 Å². The van der Waals surface area contributed by atoms with Crippen molar-refractivity contribution in [3.05, 3.63) is 48.0 Å². The number of rotatable bonds is 14. The number of carbonyl (C=O) groups is 4. The minimum atomic E-state index is -1.31. The predicted octanol–water partition coefficient (Wildman–Crippen LogP) is -1.19. The lowest BCUT2D eigenvalue weighted by Gasteiger charge is -2.28. The molecule has 202 valence electrons. The van der Waals surface area contributed by atoms with Gasteiger partial charge in [-0.2, -0.15) is 0 Å². The summed E-state index contributed by atoms with van der Waals surface area (Å²) in [4.78, 5) is 57.2. The Morgan fingerprint density at radius 2 is 1.65 bits per heavy atom. The van der Waals surface area contributed by atoms with Crippen LogP contribution in [0.5, 0.6) is 5.75 Å². The van der Waals surface area contributed by atoms with Crippen molar-refractivity contribution < 1.29 is 34.5 Å². The Bertz CT molecular complexity index is 1040. The largest absolute Gasteiger partial charge is 0.508 e. The number of benzene rings is 1. The molecule has 0 aliphatic carbocycles. The van der Waals surface area contributed by atoms with Gasteiger partial charge in [-0.05, 0) is 23.6 Å². The number of imidazole rings is 1. The van der Waals surface area contributed by atoms with Crippen LogP contribution in [0, 0.1) is 5.92 Å². The molecule has 0 saturated heterocycles. The number of nitrogens with zero attached hydrogens (tertiary/aromatic N) is 1. The Morgan fingerprint density at radius 3 is 2.19 bits per heavy atom. The number of carboxylic acid groups (broad SMARTS) is 1. The number of hydrogen-bond donors (Lipinski definition) is 8. The number of H-pyrrole nitrogens is 1. The van der Waals surface area contributed by atoms with Crippen LogP contribution in [0.3, 0.4) is 0 Å². The third kappa shape index (κ3) is 8.88. The second-order valence-corrected chi connectivity index (χ2v) is 8.77. The van der Waals surface area contributed by atoms with Crippen LogP contribution in [-0.4, -0.2) is 79.8 Å². The number of hydrogen-bond acceptors (Lipinski definition) is 8. The molecule has 1 aromatic heterocycles. The van der Waals surface area contributed by atoms with Crippen molar-refractivity contribution >= 4 is 23.7 Å². The Kier molecular flexibility index (Phi) is 11.0.